The number of halogens is 3. The highest BCUT2D eigenvalue weighted by Gasteiger charge is 2.33. The monoisotopic (exact) mass is 364 g/mol. The van der Waals surface area contributed by atoms with Crippen LogP contribution in [0, 0.1) is 11.3 Å². The van der Waals surface area contributed by atoms with Gasteiger partial charge < -0.3 is 0 Å². The lowest BCUT2D eigenvalue weighted by atomic mass is 9.95. The van der Waals surface area contributed by atoms with Gasteiger partial charge in [-0.3, -0.25) is 4.98 Å². The Morgan fingerprint density at radius 3 is 2.56 bits per heavy atom. The molecule has 0 atom stereocenters. The summed E-state index contributed by atoms with van der Waals surface area (Å²) in [6, 6.07) is 15.2. The third-order valence-corrected chi connectivity index (χ3v) is 4.99. The van der Waals surface area contributed by atoms with Crippen LogP contribution in [0.15, 0.2) is 54.7 Å². The first-order chi connectivity index (χ1) is 13.0. The van der Waals surface area contributed by atoms with E-state index < -0.39 is 11.7 Å². The van der Waals surface area contributed by atoms with Crippen LogP contribution in [0.25, 0.3) is 11.1 Å². The van der Waals surface area contributed by atoms with E-state index in [1.54, 1.807) is 18.2 Å². The molecule has 0 amide bonds. The Hall–Kier alpha value is -3.13. The van der Waals surface area contributed by atoms with Crippen molar-refractivity contribution in [2.45, 2.75) is 25.4 Å². The van der Waals surface area contributed by atoms with Crippen LogP contribution in [-0.2, 0) is 25.4 Å². The highest BCUT2D eigenvalue weighted by molar-refractivity contribution is 5.68. The van der Waals surface area contributed by atoms with E-state index in [9.17, 15) is 18.4 Å². The number of fused-ring (bicyclic) bond motifs is 2. The minimum absolute atomic E-state index is 0.135. The summed E-state index contributed by atoms with van der Waals surface area (Å²) in [6.45, 7) is 0. The molecule has 0 unspecified atom stereocenters. The van der Waals surface area contributed by atoms with Gasteiger partial charge in [-0.15, -0.1) is 0 Å². The molecule has 0 saturated heterocycles. The van der Waals surface area contributed by atoms with Gasteiger partial charge in [0.15, 0.2) is 0 Å². The zero-order chi connectivity index (χ0) is 19.0. The van der Waals surface area contributed by atoms with Gasteiger partial charge in [-0.2, -0.15) is 18.4 Å². The molecule has 0 aliphatic heterocycles. The minimum atomic E-state index is -4.42. The fourth-order valence-corrected chi connectivity index (χ4v) is 3.69. The molecule has 2 aromatic carbocycles. The van der Waals surface area contributed by atoms with E-state index in [0.717, 1.165) is 28.5 Å². The number of alkyl halides is 3. The molecule has 3 aromatic rings. The van der Waals surface area contributed by atoms with E-state index in [-0.39, 0.29) is 5.56 Å². The Kier molecular flexibility index (Phi) is 4.19. The van der Waals surface area contributed by atoms with Crippen LogP contribution in [0.4, 0.5) is 13.2 Å². The smallest absolute Gasteiger partial charge is 0.260 e. The maximum atomic E-state index is 13.4. The van der Waals surface area contributed by atoms with Crippen molar-refractivity contribution in [3.05, 3.63) is 88.2 Å². The lowest BCUT2D eigenvalue weighted by Gasteiger charge is -2.14. The molecule has 0 N–H and O–H groups in total. The van der Waals surface area contributed by atoms with Gasteiger partial charge in [0.05, 0.1) is 17.2 Å². The average molecular weight is 364 g/mol. The van der Waals surface area contributed by atoms with Gasteiger partial charge in [0.25, 0.3) is 0 Å². The number of pyridine rings is 1. The summed E-state index contributed by atoms with van der Waals surface area (Å²) in [7, 11) is 0. The highest BCUT2D eigenvalue weighted by Crippen LogP contribution is 2.37. The Bertz CT molecular complexity index is 1060. The van der Waals surface area contributed by atoms with Crippen molar-refractivity contribution in [3.63, 3.8) is 0 Å². The molecule has 134 valence electrons. The molecule has 0 spiro atoms. The summed E-state index contributed by atoms with van der Waals surface area (Å²) in [6.07, 6.45) is -0.961. The number of aryl methyl sites for hydroxylation is 1. The molecular formula is C22H15F3N2. The first-order valence-electron chi connectivity index (χ1n) is 8.62. The van der Waals surface area contributed by atoms with Gasteiger partial charge in [-0.05, 0) is 59.7 Å². The van der Waals surface area contributed by atoms with Gasteiger partial charge in [-0.1, -0.05) is 30.3 Å². The molecule has 0 saturated carbocycles. The summed E-state index contributed by atoms with van der Waals surface area (Å²) in [5.74, 6) is 0. The molecule has 0 bridgehead atoms. The van der Waals surface area contributed by atoms with E-state index in [1.807, 2.05) is 12.1 Å². The fourth-order valence-electron chi connectivity index (χ4n) is 3.69. The molecule has 1 aliphatic carbocycles. The van der Waals surface area contributed by atoms with Gasteiger partial charge in [0, 0.05) is 17.5 Å². The predicted octanol–water partition coefficient (Wildman–Crippen LogP) is 5.33. The van der Waals surface area contributed by atoms with Crippen molar-refractivity contribution in [1.29, 1.82) is 5.26 Å². The molecule has 5 heteroatoms. The van der Waals surface area contributed by atoms with E-state index in [0.29, 0.717) is 30.4 Å². The summed E-state index contributed by atoms with van der Waals surface area (Å²) < 4.78 is 40.1. The van der Waals surface area contributed by atoms with Gasteiger partial charge in [0.1, 0.15) is 0 Å². The zero-order valence-electron chi connectivity index (χ0n) is 14.3. The van der Waals surface area contributed by atoms with Crippen LogP contribution in [-0.4, -0.2) is 4.98 Å². The number of hydrogen-bond donors (Lipinski definition) is 0. The summed E-state index contributed by atoms with van der Waals surface area (Å²) in [4.78, 5) is 4.47. The maximum absolute atomic E-state index is 13.4. The van der Waals surface area contributed by atoms with Crippen LogP contribution in [0.2, 0.25) is 0 Å². The largest absolute Gasteiger partial charge is 0.417 e. The Balaban J connectivity index is 1.81. The lowest BCUT2D eigenvalue weighted by Crippen LogP contribution is -2.07. The van der Waals surface area contributed by atoms with Crippen LogP contribution in [0.5, 0.6) is 0 Å². The summed E-state index contributed by atoms with van der Waals surface area (Å²) in [5, 5.41) is 9.33. The Labute approximate surface area is 154 Å². The second-order valence-corrected chi connectivity index (χ2v) is 6.60. The van der Waals surface area contributed by atoms with Gasteiger partial charge in [0.2, 0.25) is 0 Å². The quantitative estimate of drug-likeness (QED) is 0.585. The number of benzene rings is 2. The van der Waals surface area contributed by atoms with Gasteiger partial charge in [-0.25, -0.2) is 0 Å². The SMILES string of the molecule is N#Cc1cccc2c1CCc1ncc(-c3ccccc3C(F)(F)F)cc1C2. The number of hydrogen-bond acceptors (Lipinski definition) is 2. The minimum Gasteiger partial charge on any atom is -0.260 e. The predicted molar refractivity (Wildman–Crippen MR) is 96.0 cm³/mol. The third-order valence-electron chi connectivity index (χ3n) is 4.99. The average Bonchev–Trinajstić information content (AvgIpc) is 2.85. The van der Waals surface area contributed by atoms with Gasteiger partial charge >= 0.3 is 6.18 Å². The molecule has 1 heterocycles. The van der Waals surface area contributed by atoms with Crippen molar-refractivity contribution in [1.82, 2.24) is 4.98 Å². The number of rotatable bonds is 1. The van der Waals surface area contributed by atoms with Crippen molar-refractivity contribution in [2.24, 2.45) is 0 Å². The second-order valence-electron chi connectivity index (χ2n) is 6.60. The zero-order valence-corrected chi connectivity index (χ0v) is 14.3. The number of nitriles is 1. The Morgan fingerprint density at radius 1 is 0.963 bits per heavy atom. The lowest BCUT2D eigenvalue weighted by molar-refractivity contribution is -0.137. The van der Waals surface area contributed by atoms with E-state index in [1.165, 1.54) is 18.3 Å². The topological polar surface area (TPSA) is 36.7 Å². The highest BCUT2D eigenvalue weighted by atomic mass is 19.4. The molecular weight excluding hydrogens is 349 g/mol. The van der Waals surface area contributed by atoms with E-state index in [2.05, 4.69) is 11.1 Å². The van der Waals surface area contributed by atoms with E-state index in [4.69, 9.17) is 0 Å². The summed E-state index contributed by atoms with van der Waals surface area (Å²) >= 11 is 0. The van der Waals surface area contributed by atoms with Crippen LogP contribution in [0.1, 0.15) is 33.5 Å². The first-order valence-corrected chi connectivity index (χ1v) is 8.62. The molecule has 1 aliphatic rings. The number of nitrogens with zero attached hydrogens (tertiary/aromatic N) is 2. The molecule has 4 rings (SSSR count). The molecule has 0 fully saturated rings. The van der Waals surface area contributed by atoms with Crippen molar-refractivity contribution in [3.8, 4) is 17.2 Å². The van der Waals surface area contributed by atoms with Crippen molar-refractivity contribution < 1.29 is 13.2 Å². The maximum Gasteiger partial charge on any atom is 0.417 e. The molecule has 2 nitrogen and oxygen atoms in total. The second kappa shape index (κ2) is 6.55. The van der Waals surface area contributed by atoms with Crippen LogP contribution >= 0.6 is 0 Å². The normalized spacial score (nSPS) is 13.3. The standard InChI is InChI=1S/C22H15F3N2/c23-22(24,25)20-7-2-1-6-19(20)17-11-16-10-14-4-3-5-15(12-26)18(14)8-9-21(16)27-13-17/h1-7,11,13H,8-10H2. The van der Waals surface area contributed by atoms with E-state index >= 15 is 0 Å². The number of aromatic nitrogens is 1. The Morgan fingerprint density at radius 2 is 1.78 bits per heavy atom. The molecule has 1 aromatic heterocycles. The molecule has 27 heavy (non-hydrogen) atoms. The fraction of sp³-hybridized carbons (Fsp3) is 0.182. The first kappa shape index (κ1) is 17.3. The van der Waals surface area contributed by atoms with Crippen LogP contribution < -0.4 is 0 Å². The third kappa shape index (κ3) is 3.19. The molecule has 0 radical (unpaired) electrons. The van der Waals surface area contributed by atoms with Crippen molar-refractivity contribution in [2.75, 3.05) is 0 Å². The summed E-state index contributed by atoms with van der Waals surface area (Å²) in [5.41, 5.74) is 4.43. The van der Waals surface area contributed by atoms with Crippen LogP contribution in [0.3, 0.4) is 0 Å². The van der Waals surface area contributed by atoms with Crippen molar-refractivity contribution >= 4 is 0 Å².